The number of morpholine rings is 1. The number of alkyl carbamates (subject to hydrolysis) is 1. The molecule has 136 valence electrons. The van der Waals surface area contributed by atoms with Crippen molar-refractivity contribution in [3.63, 3.8) is 0 Å². The van der Waals surface area contributed by atoms with Gasteiger partial charge in [0.05, 0.1) is 31.2 Å². The Hall–Kier alpha value is -2.79. The van der Waals surface area contributed by atoms with Gasteiger partial charge in [-0.15, -0.1) is 0 Å². The highest BCUT2D eigenvalue weighted by molar-refractivity contribution is 5.95. The van der Waals surface area contributed by atoms with Gasteiger partial charge in [-0.25, -0.2) is 4.79 Å². The molecule has 0 unspecified atom stereocenters. The first-order valence-electron chi connectivity index (χ1n) is 8.91. The molecule has 1 amide bonds. The van der Waals surface area contributed by atoms with Crippen LogP contribution in [0.3, 0.4) is 0 Å². The highest BCUT2D eigenvalue weighted by Gasteiger charge is 2.22. The van der Waals surface area contributed by atoms with Gasteiger partial charge in [0.2, 0.25) is 0 Å². The standard InChI is InChI=1S/C21H24N2O3/c1-2-26-21(24)22-19(17-9-5-3-6-10-17)20(18-11-7-4-8-12-18)23-13-15-25-16-14-23/h3-12H,2,13-16H2,1H3,(H,22,24). The van der Waals surface area contributed by atoms with Gasteiger partial charge in [0.25, 0.3) is 0 Å². The molecule has 2 aromatic carbocycles. The van der Waals surface area contributed by atoms with Crippen molar-refractivity contribution in [1.29, 1.82) is 0 Å². The molecule has 0 radical (unpaired) electrons. The lowest BCUT2D eigenvalue weighted by molar-refractivity contribution is 0.0640. The SMILES string of the molecule is CCOC(=O)NC(=C(c1ccccc1)N1CCOCC1)c1ccccc1. The molecule has 26 heavy (non-hydrogen) atoms. The quantitative estimate of drug-likeness (QED) is 0.836. The molecule has 0 aromatic heterocycles. The summed E-state index contributed by atoms with van der Waals surface area (Å²) >= 11 is 0. The summed E-state index contributed by atoms with van der Waals surface area (Å²) < 4.78 is 10.7. The molecular formula is C21H24N2O3. The van der Waals surface area contributed by atoms with E-state index in [4.69, 9.17) is 9.47 Å². The minimum absolute atomic E-state index is 0.326. The van der Waals surface area contributed by atoms with E-state index in [9.17, 15) is 4.79 Å². The smallest absolute Gasteiger partial charge is 0.411 e. The Labute approximate surface area is 154 Å². The summed E-state index contributed by atoms with van der Waals surface area (Å²) in [7, 11) is 0. The molecule has 0 aliphatic carbocycles. The third-order valence-electron chi connectivity index (χ3n) is 4.18. The predicted molar refractivity (Wildman–Crippen MR) is 102 cm³/mol. The van der Waals surface area contributed by atoms with Crippen LogP contribution in [0.2, 0.25) is 0 Å². The zero-order chi connectivity index (χ0) is 18.2. The molecule has 1 aliphatic rings. The monoisotopic (exact) mass is 352 g/mol. The summed E-state index contributed by atoms with van der Waals surface area (Å²) in [6.07, 6.45) is -0.451. The molecule has 3 rings (SSSR count). The number of amides is 1. The van der Waals surface area contributed by atoms with Crippen molar-refractivity contribution in [2.45, 2.75) is 6.92 Å². The fourth-order valence-electron chi connectivity index (χ4n) is 3.01. The first-order chi connectivity index (χ1) is 12.8. The molecule has 1 fully saturated rings. The first kappa shape index (κ1) is 18.0. The zero-order valence-electron chi connectivity index (χ0n) is 15.0. The number of hydrogen-bond donors (Lipinski definition) is 1. The van der Waals surface area contributed by atoms with Gasteiger partial charge < -0.3 is 14.4 Å². The van der Waals surface area contributed by atoms with Crippen LogP contribution >= 0.6 is 0 Å². The summed E-state index contributed by atoms with van der Waals surface area (Å²) in [4.78, 5) is 14.5. The van der Waals surface area contributed by atoms with Crippen LogP contribution in [0.15, 0.2) is 60.7 Å². The number of ether oxygens (including phenoxy) is 2. The number of carbonyl (C=O) groups is 1. The minimum Gasteiger partial charge on any atom is -0.450 e. The first-order valence-corrected chi connectivity index (χ1v) is 8.91. The van der Waals surface area contributed by atoms with E-state index in [-0.39, 0.29) is 0 Å². The number of hydrogen-bond acceptors (Lipinski definition) is 4. The second kappa shape index (κ2) is 9.06. The molecule has 0 bridgehead atoms. The average Bonchev–Trinajstić information content (AvgIpc) is 2.70. The Morgan fingerprint density at radius 2 is 1.58 bits per heavy atom. The van der Waals surface area contributed by atoms with Crippen molar-refractivity contribution in [3.8, 4) is 0 Å². The topological polar surface area (TPSA) is 50.8 Å². The van der Waals surface area contributed by atoms with Crippen molar-refractivity contribution in [1.82, 2.24) is 10.2 Å². The van der Waals surface area contributed by atoms with Crippen LogP contribution in [0.4, 0.5) is 4.79 Å². The Kier molecular flexibility index (Phi) is 6.28. The van der Waals surface area contributed by atoms with Crippen molar-refractivity contribution in [3.05, 3.63) is 71.8 Å². The Morgan fingerprint density at radius 1 is 1.00 bits per heavy atom. The average molecular weight is 352 g/mol. The van der Waals surface area contributed by atoms with Crippen LogP contribution in [0.5, 0.6) is 0 Å². The molecule has 0 saturated carbocycles. The van der Waals surface area contributed by atoms with E-state index >= 15 is 0 Å². The van der Waals surface area contributed by atoms with Gasteiger partial charge in [0.15, 0.2) is 0 Å². The van der Waals surface area contributed by atoms with Crippen LogP contribution < -0.4 is 5.32 Å². The van der Waals surface area contributed by atoms with Gasteiger partial charge in [-0.1, -0.05) is 60.7 Å². The van der Waals surface area contributed by atoms with Crippen LogP contribution in [-0.4, -0.2) is 43.9 Å². The summed E-state index contributed by atoms with van der Waals surface area (Å²) in [5.41, 5.74) is 3.71. The van der Waals surface area contributed by atoms with Crippen LogP contribution in [-0.2, 0) is 9.47 Å². The maximum absolute atomic E-state index is 12.2. The van der Waals surface area contributed by atoms with Gasteiger partial charge in [0.1, 0.15) is 0 Å². The predicted octanol–water partition coefficient (Wildman–Crippen LogP) is 3.59. The Bertz CT molecular complexity index is 738. The summed E-state index contributed by atoms with van der Waals surface area (Å²) in [5, 5.41) is 2.97. The van der Waals surface area contributed by atoms with Crippen molar-refractivity contribution < 1.29 is 14.3 Å². The van der Waals surface area contributed by atoms with Gasteiger partial charge in [-0.3, -0.25) is 5.32 Å². The molecule has 5 nitrogen and oxygen atoms in total. The number of carbonyl (C=O) groups excluding carboxylic acids is 1. The second-order valence-electron chi connectivity index (χ2n) is 5.90. The largest absolute Gasteiger partial charge is 0.450 e. The molecule has 1 heterocycles. The van der Waals surface area contributed by atoms with E-state index in [1.54, 1.807) is 6.92 Å². The van der Waals surface area contributed by atoms with Crippen molar-refractivity contribution in [2.75, 3.05) is 32.9 Å². The summed E-state index contributed by atoms with van der Waals surface area (Å²) in [5.74, 6) is 0. The fourth-order valence-corrected chi connectivity index (χ4v) is 3.01. The minimum atomic E-state index is -0.451. The number of benzene rings is 2. The van der Waals surface area contributed by atoms with Crippen LogP contribution in [0.25, 0.3) is 11.4 Å². The fraction of sp³-hybridized carbons (Fsp3) is 0.286. The van der Waals surface area contributed by atoms with E-state index in [2.05, 4.69) is 22.3 Å². The second-order valence-corrected chi connectivity index (χ2v) is 5.90. The van der Waals surface area contributed by atoms with Crippen molar-refractivity contribution >= 4 is 17.5 Å². The molecule has 5 heteroatoms. The van der Waals surface area contributed by atoms with Crippen LogP contribution in [0, 0.1) is 0 Å². The van der Waals surface area contributed by atoms with E-state index < -0.39 is 6.09 Å². The number of nitrogens with zero attached hydrogens (tertiary/aromatic N) is 1. The number of nitrogens with one attached hydrogen (secondary N) is 1. The zero-order valence-corrected chi connectivity index (χ0v) is 15.0. The van der Waals surface area contributed by atoms with E-state index in [1.165, 1.54) is 0 Å². The lowest BCUT2D eigenvalue weighted by Gasteiger charge is -2.33. The lowest BCUT2D eigenvalue weighted by atomic mass is 10.0. The Morgan fingerprint density at radius 3 is 2.15 bits per heavy atom. The molecule has 2 aromatic rings. The number of rotatable bonds is 5. The third-order valence-corrected chi connectivity index (χ3v) is 4.18. The maximum atomic E-state index is 12.2. The lowest BCUT2D eigenvalue weighted by Crippen LogP contribution is -2.37. The van der Waals surface area contributed by atoms with Gasteiger partial charge in [0, 0.05) is 18.7 Å². The van der Waals surface area contributed by atoms with E-state index in [0.29, 0.717) is 19.8 Å². The Balaban J connectivity index is 2.12. The molecule has 0 atom stereocenters. The van der Waals surface area contributed by atoms with Gasteiger partial charge in [-0.2, -0.15) is 0 Å². The molecule has 1 saturated heterocycles. The molecular weight excluding hydrogens is 328 g/mol. The third kappa shape index (κ3) is 4.43. The highest BCUT2D eigenvalue weighted by atomic mass is 16.5. The van der Waals surface area contributed by atoms with E-state index in [1.807, 2.05) is 48.5 Å². The molecule has 1 N–H and O–H groups in total. The molecule has 0 spiro atoms. The van der Waals surface area contributed by atoms with E-state index in [0.717, 1.165) is 35.6 Å². The normalized spacial score (nSPS) is 15.2. The summed E-state index contributed by atoms with van der Waals surface area (Å²) in [6, 6.07) is 20.0. The highest BCUT2D eigenvalue weighted by Crippen LogP contribution is 2.28. The van der Waals surface area contributed by atoms with Crippen molar-refractivity contribution in [2.24, 2.45) is 0 Å². The molecule has 1 aliphatic heterocycles. The van der Waals surface area contributed by atoms with Gasteiger partial charge in [-0.05, 0) is 12.5 Å². The summed E-state index contributed by atoms with van der Waals surface area (Å²) in [6.45, 7) is 4.99. The van der Waals surface area contributed by atoms with Gasteiger partial charge >= 0.3 is 6.09 Å². The van der Waals surface area contributed by atoms with Crippen LogP contribution in [0.1, 0.15) is 18.1 Å². The maximum Gasteiger partial charge on any atom is 0.411 e.